The van der Waals surface area contributed by atoms with Crippen LogP contribution >= 0.6 is 15.9 Å². The fourth-order valence-corrected chi connectivity index (χ4v) is 2.34. The van der Waals surface area contributed by atoms with E-state index in [1.54, 1.807) is 42.5 Å². The first kappa shape index (κ1) is 13.7. The number of carbonyl (C=O) groups excluding carboxylic acids is 1. The summed E-state index contributed by atoms with van der Waals surface area (Å²) in [5, 5.41) is 9.43. The predicted octanol–water partition coefficient (Wildman–Crippen LogP) is 3.78. The van der Waals surface area contributed by atoms with Crippen molar-refractivity contribution in [2.24, 2.45) is 0 Å². The quantitative estimate of drug-likeness (QED) is 0.678. The lowest BCUT2D eigenvalue weighted by atomic mass is 10.1. The molecule has 1 aliphatic rings. The van der Waals surface area contributed by atoms with Crippen LogP contribution < -0.4 is 9.47 Å². The molecule has 0 aromatic heterocycles. The Morgan fingerprint density at radius 1 is 1.14 bits per heavy atom. The van der Waals surface area contributed by atoms with E-state index in [0.717, 1.165) is 5.56 Å². The SMILES string of the molecule is O=C(/C=C/c1ccc(O)c(Br)c1)c1ccc2c(c1)OCO2. The van der Waals surface area contributed by atoms with Gasteiger partial charge in [0.05, 0.1) is 4.47 Å². The molecule has 0 unspecified atom stereocenters. The molecule has 0 spiro atoms. The summed E-state index contributed by atoms with van der Waals surface area (Å²) in [7, 11) is 0. The Morgan fingerprint density at radius 3 is 2.76 bits per heavy atom. The molecule has 1 N–H and O–H groups in total. The predicted molar refractivity (Wildman–Crippen MR) is 81.7 cm³/mol. The fraction of sp³-hybridized carbons (Fsp3) is 0.0625. The van der Waals surface area contributed by atoms with Gasteiger partial charge in [-0.15, -0.1) is 0 Å². The molecule has 0 bridgehead atoms. The van der Waals surface area contributed by atoms with Crippen molar-refractivity contribution in [2.45, 2.75) is 0 Å². The van der Waals surface area contributed by atoms with E-state index in [1.165, 1.54) is 6.08 Å². The summed E-state index contributed by atoms with van der Waals surface area (Å²) in [6.07, 6.45) is 3.17. The van der Waals surface area contributed by atoms with Crippen molar-refractivity contribution in [2.75, 3.05) is 6.79 Å². The zero-order chi connectivity index (χ0) is 14.8. The van der Waals surface area contributed by atoms with Crippen LogP contribution in [0.15, 0.2) is 46.9 Å². The lowest BCUT2D eigenvalue weighted by molar-refractivity contribution is 0.104. The van der Waals surface area contributed by atoms with Gasteiger partial charge >= 0.3 is 0 Å². The second kappa shape index (κ2) is 5.61. The van der Waals surface area contributed by atoms with Gasteiger partial charge in [0.25, 0.3) is 0 Å². The Kier molecular flexibility index (Phi) is 3.66. The van der Waals surface area contributed by atoms with Crippen LogP contribution in [0.25, 0.3) is 6.08 Å². The third kappa shape index (κ3) is 2.92. The second-order valence-electron chi connectivity index (χ2n) is 4.48. The molecule has 2 aromatic rings. The maximum atomic E-state index is 12.1. The number of phenolic OH excluding ortho intramolecular Hbond substituents is 1. The fourth-order valence-electron chi connectivity index (χ4n) is 1.94. The van der Waals surface area contributed by atoms with Gasteiger partial charge in [-0.2, -0.15) is 0 Å². The molecule has 3 rings (SSSR count). The van der Waals surface area contributed by atoms with E-state index in [2.05, 4.69) is 15.9 Å². The number of phenols is 1. The van der Waals surface area contributed by atoms with Gasteiger partial charge in [-0.3, -0.25) is 4.79 Å². The van der Waals surface area contributed by atoms with Gasteiger partial charge in [-0.05, 0) is 57.9 Å². The van der Waals surface area contributed by atoms with Crippen LogP contribution in [0, 0.1) is 0 Å². The van der Waals surface area contributed by atoms with Crippen LogP contribution in [0.5, 0.6) is 17.2 Å². The summed E-state index contributed by atoms with van der Waals surface area (Å²) in [5.41, 5.74) is 1.35. The lowest BCUT2D eigenvalue weighted by Crippen LogP contribution is -1.94. The highest BCUT2D eigenvalue weighted by Gasteiger charge is 2.15. The normalized spacial score (nSPS) is 12.8. The molecular formula is C16H11BrO4. The van der Waals surface area contributed by atoms with Crippen molar-refractivity contribution in [3.8, 4) is 17.2 Å². The zero-order valence-electron chi connectivity index (χ0n) is 10.9. The van der Waals surface area contributed by atoms with Gasteiger partial charge in [0, 0.05) is 5.56 Å². The minimum absolute atomic E-state index is 0.127. The summed E-state index contributed by atoms with van der Waals surface area (Å²) in [4.78, 5) is 12.1. The summed E-state index contributed by atoms with van der Waals surface area (Å²) in [5.74, 6) is 1.27. The molecule has 0 aliphatic carbocycles. The van der Waals surface area contributed by atoms with E-state index >= 15 is 0 Å². The van der Waals surface area contributed by atoms with E-state index < -0.39 is 0 Å². The molecule has 0 radical (unpaired) electrons. The number of halogens is 1. The number of aromatic hydroxyl groups is 1. The highest BCUT2D eigenvalue weighted by Crippen LogP contribution is 2.32. The van der Waals surface area contributed by atoms with Crippen molar-refractivity contribution < 1.29 is 19.4 Å². The number of hydrogen-bond acceptors (Lipinski definition) is 4. The van der Waals surface area contributed by atoms with Gasteiger partial charge in [0.1, 0.15) is 5.75 Å². The third-order valence-electron chi connectivity index (χ3n) is 3.06. The maximum Gasteiger partial charge on any atom is 0.231 e. The van der Waals surface area contributed by atoms with Crippen LogP contribution in [-0.2, 0) is 0 Å². The van der Waals surface area contributed by atoms with E-state index in [4.69, 9.17) is 9.47 Å². The minimum atomic E-state index is -0.127. The van der Waals surface area contributed by atoms with Crippen molar-refractivity contribution in [1.29, 1.82) is 0 Å². The number of ketones is 1. The monoisotopic (exact) mass is 346 g/mol. The first-order chi connectivity index (χ1) is 10.1. The second-order valence-corrected chi connectivity index (χ2v) is 5.33. The first-order valence-corrected chi connectivity index (χ1v) is 7.03. The average Bonchev–Trinajstić information content (AvgIpc) is 2.95. The number of ether oxygens (including phenoxy) is 2. The summed E-state index contributed by atoms with van der Waals surface area (Å²) < 4.78 is 11.0. The molecule has 0 saturated heterocycles. The topological polar surface area (TPSA) is 55.8 Å². The summed E-state index contributed by atoms with van der Waals surface area (Å²) in [6.45, 7) is 0.185. The Hall–Kier alpha value is -2.27. The van der Waals surface area contributed by atoms with E-state index in [0.29, 0.717) is 21.5 Å². The molecule has 4 nitrogen and oxygen atoms in total. The Morgan fingerprint density at radius 2 is 1.95 bits per heavy atom. The molecule has 0 saturated carbocycles. The molecular weight excluding hydrogens is 336 g/mol. The van der Waals surface area contributed by atoms with Crippen LogP contribution in [0.4, 0.5) is 0 Å². The maximum absolute atomic E-state index is 12.1. The van der Waals surface area contributed by atoms with Gasteiger partial charge < -0.3 is 14.6 Å². The molecule has 106 valence electrons. The van der Waals surface area contributed by atoms with Crippen molar-refractivity contribution in [1.82, 2.24) is 0 Å². The Bertz CT molecular complexity index is 737. The number of fused-ring (bicyclic) bond motifs is 1. The van der Waals surface area contributed by atoms with Crippen molar-refractivity contribution in [3.63, 3.8) is 0 Å². The van der Waals surface area contributed by atoms with E-state index in [-0.39, 0.29) is 18.3 Å². The third-order valence-corrected chi connectivity index (χ3v) is 3.69. The van der Waals surface area contributed by atoms with E-state index in [9.17, 15) is 9.90 Å². The number of hydrogen-bond donors (Lipinski definition) is 1. The molecule has 0 fully saturated rings. The minimum Gasteiger partial charge on any atom is -0.507 e. The highest BCUT2D eigenvalue weighted by molar-refractivity contribution is 9.10. The molecule has 21 heavy (non-hydrogen) atoms. The first-order valence-electron chi connectivity index (χ1n) is 6.24. The number of rotatable bonds is 3. The highest BCUT2D eigenvalue weighted by atomic mass is 79.9. The molecule has 0 atom stereocenters. The van der Waals surface area contributed by atoms with Gasteiger partial charge in [0.2, 0.25) is 6.79 Å². The Balaban J connectivity index is 1.79. The smallest absolute Gasteiger partial charge is 0.231 e. The molecule has 5 heteroatoms. The Labute approximate surface area is 129 Å². The van der Waals surface area contributed by atoms with Gasteiger partial charge in [0.15, 0.2) is 17.3 Å². The number of carbonyl (C=O) groups is 1. The molecule has 1 heterocycles. The van der Waals surface area contributed by atoms with Crippen molar-refractivity contribution >= 4 is 27.8 Å². The summed E-state index contributed by atoms with van der Waals surface area (Å²) in [6, 6.07) is 10.1. The average molecular weight is 347 g/mol. The van der Waals surface area contributed by atoms with Crippen LogP contribution in [0.2, 0.25) is 0 Å². The van der Waals surface area contributed by atoms with Crippen LogP contribution in [0.1, 0.15) is 15.9 Å². The van der Waals surface area contributed by atoms with Crippen molar-refractivity contribution in [3.05, 3.63) is 58.1 Å². The largest absolute Gasteiger partial charge is 0.507 e. The van der Waals surface area contributed by atoms with Gasteiger partial charge in [-0.25, -0.2) is 0 Å². The zero-order valence-corrected chi connectivity index (χ0v) is 12.5. The van der Waals surface area contributed by atoms with Crippen LogP contribution in [-0.4, -0.2) is 17.7 Å². The molecule has 2 aromatic carbocycles. The summed E-state index contributed by atoms with van der Waals surface area (Å²) >= 11 is 3.23. The molecule has 0 amide bonds. The lowest BCUT2D eigenvalue weighted by Gasteiger charge is -2.00. The standard InChI is InChI=1S/C16H11BrO4/c17-12-7-10(2-5-14(12)19)1-4-13(18)11-3-6-15-16(8-11)21-9-20-15/h1-8,19H,9H2/b4-1+. The van der Waals surface area contributed by atoms with Crippen LogP contribution in [0.3, 0.4) is 0 Å². The van der Waals surface area contributed by atoms with E-state index in [1.807, 2.05) is 0 Å². The number of benzene rings is 2. The van der Waals surface area contributed by atoms with Gasteiger partial charge in [-0.1, -0.05) is 12.1 Å². The molecule has 1 aliphatic heterocycles. The number of allylic oxidation sites excluding steroid dienone is 1.